The molecule has 1 rings (SSSR count). The lowest BCUT2D eigenvalue weighted by atomic mass is 10.1. The number of benzene rings is 1. The number of hydrogen-bond acceptors (Lipinski definition) is 2. The molecule has 16 heavy (non-hydrogen) atoms. The van der Waals surface area contributed by atoms with Crippen LogP contribution in [0.4, 0.5) is 5.69 Å². The van der Waals surface area contributed by atoms with Crippen molar-refractivity contribution in [1.29, 1.82) is 0 Å². The predicted molar refractivity (Wildman–Crippen MR) is 72.4 cm³/mol. The van der Waals surface area contributed by atoms with Crippen LogP contribution in [0.3, 0.4) is 0 Å². The SMILES string of the molecule is CN(C)c1ccc(CNC(C)(C)C)cc1Cl. The summed E-state index contributed by atoms with van der Waals surface area (Å²) in [6.07, 6.45) is 0. The van der Waals surface area contributed by atoms with Gasteiger partial charge in [0.15, 0.2) is 0 Å². The summed E-state index contributed by atoms with van der Waals surface area (Å²) in [5.41, 5.74) is 2.40. The van der Waals surface area contributed by atoms with Crippen LogP contribution >= 0.6 is 11.6 Å². The minimum absolute atomic E-state index is 0.132. The van der Waals surface area contributed by atoms with E-state index in [1.807, 2.05) is 25.1 Å². The average molecular weight is 241 g/mol. The molecule has 0 amide bonds. The molecule has 0 spiro atoms. The third-order valence-corrected chi connectivity index (χ3v) is 2.62. The van der Waals surface area contributed by atoms with E-state index in [-0.39, 0.29) is 5.54 Å². The van der Waals surface area contributed by atoms with Gasteiger partial charge in [-0.15, -0.1) is 0 Å². The highest BCUT2D eigenvalue weighted by Gasteiger charge is 2.09. The molecule has 0 atom stereocenters. The third kappa shape index (κ3) is 4.03. The minimum Gasteiger partial charge on any atom is -0.376 e. The summed E-state index contributed by atoms with van der Waals surface area (Å²) in [6, 6.07) is 6.19. The number of halogens is 1. The van der Waals surface area contributed by atoms with E-state index in [0.717, 1.165) is 17.3 Å². The summed E-state index contributed by atoms with van der Waals surface area (Å²) in [6.45, 7) is 7.31. The Morgan fingerprint density at radius 1 is 1.25 bits per heavy atom. The Morgan fingerprint density at radius 2 is 1.88 bits per heavy atom. The summed E-state index contributed by atoms with van der Waals surface area (Å²) >= 11 is 6.20. The highest BCUT2D eigenvalue weighted by atomic mass is 35.5. The Hall–Kier alpha value is -0.730. The van der Waals surface area contributed by atoms with E-state index in [2.05, 4.69) is 38.2 Å². The minimum atomic E-state index is 0.132. The molecule has 1 aromatic rings. The molecule has 0 aliphatic heterocycles. The van der Waals surface area contributed by atoms with Gasteiger partial charge in [-0.1, -0.05) is 17.7 Å². The van der Waals surface area contributed by atoms with Crippen LogP contribution in [0.15, 0.2) is 18.2 Å². The quantitative estimate of drug-likeness (QED) is 0.872. The fraction of sp³-hybridized carbons (Fsp3) is 0.538. The maximum atomic E-state index is 6.20. The van der Waals surface area contributed by atoms with Gasteiger partial charge in [-0.25, -0.2) is 0 Å². The molecule has 1 N–H and O–H groups in total. The first-order valence-electron chi connectivity index (χ1n) is 5.50. The average Bonchev–Trinajstić information content (AvgIpc) is 2.13. The first-order chi connectivity index (χ1) is 7.29. The van der Waals surface area contributed by atoms with Gasteiger partial charge in [0.1, 0.15) is 0 Å². The normalized spacial score (nSPS) is 11.6. The van der Waals surface area contributed by atoms with Crippen LogP contribution in [-0.4, -0.2) is 19.6 Å². The van der Waals surface area contributed by atoms with Gasteiger partial charge in [-0.3, -0.25) is 0 Å². The molecular formula is C13H21ClN2. The zero-order chi connectivity index (χ0) is 12.3. The lowest BCUT2D eigenvalue weighted by molar-refractivity contribution is 0.424. The maximum absolute atomic E-state index is 6.20. The van der Waals surface area contributed by atoms with Crippen molar-refractivity contribution in [2.75, 3.05) is 19.0 Å². The second-order valence-electron chi connectivity index (χ2n) is 5.28. The Kier molecular flexibility index (Phi) is 4.22. The molecule has 1 aromatic carbocycles. The monoisotopic (exact) mass is 240 g/mol. The summed E-state index contributed by atoms with van der Waals surface area (Å²) in [5.74, 6) is 0. The van der Waals surface area contributed by atoms with Crippen molar-refractivity contribution in [2.24, 2.45) is 0 Å². The molecule has 90 valence electrons. The van der Waals surface area contributed by atoms with E-state index in [1.54, 1.807) is 0 Å². The number of rotatable bonds is 3. The molecule has 0 unspecified atom stereocenters. The first kappa shape index (κ1) is 13.3. The van der Waals surface area contributed by atoms with Crippen LogP contribution < -0.4 is 10.2 Å². The van der Waals surface area contributed by atoms with Crippen LogP contribution in [0.2, 0.25) is 5.02 Å². The Bertz CT molecular complexity index is 353. The van der Waals surface area contributed by atoms with Gasteiger partial charge in [0.05, 0.1) is 10.7 Å². The number of anilines is 1. The Morgan fingerprint density at radius 3 is 2.31 bits per heavy atom. The molecule has 0 fully saturated rings. The second kappa shape index (κ2) is 5.07. The topological polar surface area (TPSA) is 15.3 Å². The van der Waals surface area contributed by atoms with Crippen molar-refractivity contribution >= 4 is 17.3 Å². The van der Waals surface area contributed by atoms with Crippen molar-refractivity contribution in [1.82, 2.24) is 5.32 Å². The molecule has 0 saturated carbocycles. The fourth-order valence-electron chi connectivity index (χ4n) is 1.39. The lowest BCUT2D eigenvalue weighted by Crippen LogP contribution is -2.35. The molecule has 0 aliphatic rings. The van der Waals surface area contributed by atoms with Crippen LogP contribution in [0.25, 0.3) is 0 Å². The molecule has 0 aliphatic carbocycles. The molecular weight excluding hydrogens is 220 g/mol. The van der Waals surface area contributed by atoms with E-state index < -0.39 is 0 Å². The number of nitrogens with zero attached hydrogens (tertiary/aromatic N) is 1. The van der Waals surface area contributed by atoms with Crippen LogP contribution in [0.1, 0.15) is 26.3 Å². The Labute approximate surface area is 104 Å². The largest absolute Gasteiger partial charge is 0.376 e. The summed E-state index contributed by atoms with van der Waals surface area (Å²) < 4.78 is 0. The summed E-state index contributed by atoms with van der Waals surface area (Å²) in [4.78, 5) is 2.02. The standard InChI is InChI=1S/C13H21ClN2/c1-13(2,3)15-9-10-6-7-12(16(4)5)11(14)8-10/h6-8,15H,9H2,1-5H3. The maximum Gasteiger partial charge on any atom is 0.0642 e. The summed E-state index contributed by atoms with van der Waals surface area (Å²) in [7, 11) is 3.99. The van der Waals surface area contributed by atoms with Gasteiger partial charge < -0.3 is 10.2 Å². The van der Waals surface area contributed by atoms with E-state index in [0.29, 0.717) is 0 Å². The van der Waals surface area contributed by atoms with Crippen molar-refractivity contribution in [2.45, 2.75) is 32.9 Å². The third-order valence-electron chi connectivity index (χ3n) is 2.32. The lowest BCUT2D eigenvalue weighted by Gasteiger charge is -2.21. The van der Waals surface area contributed by atoms with E-state index in [9.17, 15) is 0 Å². The van der Waals surface area contributed by atoms with E-state index in [1.165, 1.54) is 5.56 Å². The van der Waals surface area contributed by atoms with E-state index >= 15 is 0 Å². The van der Waals surface area contributed by atoms with Gasteiger partial charge >= 0.3 is 0 Å². The van der Waals surface area contributed by atoms with Crippen molar-refractivity contribution in [3.8, 4) is 0 Å². The van der Waals surface area contributed by atoms with Crippen molar-refractivity contribution < 1.29 is 0 Å². The van der Waals surface area contributed by atoms with Crippen LogP contribution in [-0.2, 0) is 6.54 Å². The second-order valence-corrected chi connectivity index (χ2v) is 5.69. The molecule has 2 nitrogen and oxygen atoms in total. The van der Waals surface area contributed by atoms with Gasteiger partial charge in [0.2, 0.25) is 0 Å². The molecule has 0 aromatic heterocycles. The predicted octanol–water partition coefficient (Wildman–Crippen LogP) is 3.29. The summed E-state index contributed by atoms with van der Waals surface area (Å²) in [5, 5.41) is 4.25. The smallest absolute Gasteiger partial charge is 0.0642 e. The van der Waals surface area contributed by atoms with Gasteiger partial charge in [0, 0.05) is 26.2 Å². The number of nitrogens with one attached hydrogen (secondary N) is 1. The number of hydrogen-bond donors (Lipinski definition) is 1. The van der Waals surface area contributed by atoms with Gasteiger partial charge in [-0.2, -0.15) is 0 Å². The molecule has 3 heteroatoms. The van der Waals surface area contributed by atoms with Crippen LogP contribution in [0, 0.1) is 0 Å². The highest BCUT2D eigenvalue weighted by molar-refractivity contribution is 6.33. The van der Waals surface area contributed by atoms with Gasteiger partial charge in [-0.05, 0) is 38.5 Å². The van der Waals surface area contributed by atoms with Gasteiger partial charge in [0.25, 0.3) is 0 Å². The highest BCUT2D eigenvalue weighted by Crippen LogP contribution is 2.25. The zero-order valence-electron chi connectivity index (χ0n) is 10.8. The van der Waals surface area contributed by atoms with Crippen molar-refractivity contribution in [3.05, 3.63) is 28.8 Å². The first-order valence-corrected chi connectivity index (χ1v) is 5.88. The molecule has 0 radical (unpaired) electrons. The molecule has 0 heterocycles. The van der Waals surface area contributed by atoms with E-state index in [4.69, 9.17) is 11.6 Å². The fourth-order valence-corrected chi connectivity index (χ4v) is 1.76. The Balaban J connectivity index is 2.74. The molecule has 0 saturated heterocycles. The van der Waals surface area contributed by atoms with Crippen molar-refractivity contribution in [3.63, 3.8) is 0 Å². The zero-order valence-corrected chi connectivity index (χ0v) is 11.5. The van der Waals surface area contributed by atoms with Crippen LogP contribution in [0.5, 0.6) is 0 Å². The molecule has 0 bridgehead atoms.